The van der Waals surface area contributed by atoms with Crippen molar-refractivity contribution in [3.05, 3.63) is 85.1 Å². The van der Waals surface area contributed by atoms with Crippen LogP contribution in [0.3, 0.4) is 0 Å². The highest BCUT2D eigenvalue weighted by Gasteiger charge is 2.14. The summed E-state index contributed by atoms with van der Waals surface area (Å²) in [6.45, 7) is 5.04. The molecule has 0 saturated heterocycles. The first kappa shape index (κ1) is 16.2. The molecule has 26 heavy (non-hydrogen) atoms. The number of para-hydroxylation sites is 3. The Morgan fingerprint density at radius 1 is 1.04 bits per heavy atom. The van der Waals surface area contributed by atoms with Crippen molar-refractivity contribution in [1.82, 2.24) is 9.55 Å². The molecule has 0 N–H and O–H groups in total. The van der Waals surface area contributed by atoms with Crippen molar-refractivity contribution in [2.75, 3.05) is 6.61 Å². The SMILES string of the molecule is C=CCc1ccccc1OCCn1c(-c2ccco2)nc2ccccc21. The quantitative estimate of drug-likeness (QED) is 0.438. The van der Waals surface area contributed by atoms with Gasteiger partial charge in [0.05, 0.1) is 23.8 Å². The zero-order chi connectivity index (χ0) is 17.8. The molecule has 0 fully saturated rings. The van der Waals surface area contributed by atoms with Crippen LogP contribution < -0.4 is 4.74 Å². The van der Waals surface area contributed by atoms with E-state index in [2.05, 4.69) is 23.3 Å². The molecule has 2 aromatic carbocycles. The summed E-state index contributed by atoms with van der Waals surface area (Å²) in [5.74, 6) is 2.48. The highest BCUT2D eigenvalue weighted by atomic mass is 16.5. The van der Waals surface area contributed by atoms with Gasteiger partial charge in [-0.3, -0.25) is 0 Å². The standard InChI is InChI=1S/C22H20N2O2/c1-2-8-17-9-3-6-12-20(17)26-16-14-24-19-11-5-4-10-18(19)23-22(24)21-13-7-15-25-21/h2-7,9-13,15H,1,8,14,16H2. The molecule has 4 nitrogen and oxygen atoms in total. The third-order valence-electron chi connectivity index (χ3n) is 4.31. The summed E-state index contributed by atoms with van der Waals surface area (Å²) >= 11 is 0. The van der Waals surface area contributed by atoms with E-state index in [-0.39, 0.29) is 0 Å². The van der Waals surface area contributed by atoms with Crippen molar-refractivity contribution in [1.29, 1.82) is 0 Å². The van der Waals surface area contributed by atoms with Crippen LogP contribution in [0.2, 0.25) is 0 Å². The molecule has 4 rings (SSSR count). The average molecular weight is 344 g/mol. The van der Waals surface area contributed by atoms with Crippen LogP contribution in [0.25, 0.3) is 22.6 Å². The zero-order valence-corrected chi connectivity index (χ0v) is 14.5. The Morgan fingerprint density at radius 2 is 1.88 bits per heavy atom. The van der Waals surface area contributed by atoms with Gasteiger partial charge in [-0.1, -0.05) is 36.4 Å². The van der Waals surface area contributed by atoms with E-state index in [0.717, 1.165) is 40.4 Å². The second-order valence-electron chi connectivity index (χ2n) is 6.00. The zero-order valence-electron chi connectivity index (χ0n) is 14.5. The molecule has 4 heteroatoms. The van der Waals surface area contributed by atoms with Gasteiger partial charge < -0.3 is 13.7 Å². The number of hydrogen-bond donors (Lipinski definition) is 0. The van der Waals surface area contributed by atoms with E-state index >= 15 is 0 Å². The van der Waals surface area contributed by atoms with Crippen molar-refractivity contribution in [2.45, 2.75) is 13.0 Å². The van der Waals surface area contributed by atoms with Gasteiger partial charge in [-0.15, -0.1) is 6.58 Å². The molecular weight excluding hydrogens is 324 g/mol. The van der Waals surface area contributed by atoms with Gasteiger partial charge in [-0.2, -0.15) is 0 Å². The third-order valence-corrected chi connectivity index (χ3v) is 4.31. The molecule has 0 aliphatic rings. The topological polar surface area (TPSA) is 40.2 Å². The predicted molar refractivity (Wildman–Crippen MR) is 103 cm³/mol. The van der Waals surface area contributed by atoms with Crippen molar-refractivity contribution in [3.63, 3.8) is 0 Å². The fraction of sp³-hybridized carbons (Fsp3) is 0.136. The Morgan fingerprint density at radius 3 is 2.73 bits per heavy atom. The highest BCUT2D eigenvalue weighted by molar-refractivity contribution is 5.79. The lowest BCUT2D eigenvalue weighted by molar-refractivity contribution is 0.298. The van der Waals surface area contributed by atoms with Gasteiger partial charge >= 0.3 is 0 Å². The molecule has 2 heterocycles. The van der Waals surface area contributed by atoms with E-state index in [9.17, 15) is 0 Å². The maximum atomic E-state index is 6.06. The number of furan rings is 1. The van der Waals surface area contributed by atoms with Crippen LogP contribution in [-0.2, 0) is 13.0 Å². The number of benzene rings is 2. The Balaban J connectivity index is 1.60. The van der Waals surface area contributed by atoms with Crippen LogP contribution in [0.1, 0.15) is 5.56 Å². The van der Waals surface area contributed by atoms with E-state index < -0.39 is 0 Å². The summed E-state index contributed by atoms with van der Waals surface area (Å²) in [5, 5.41) is 0. The molecule has 0 atom stereocenters. The summed E-state index contributed by atoms with van der Waals surface area (Å²) < 4.78 is 13.8. The van der Waals surface area contributed by atoms with Gasteiger partial charge in [0, 0.05) is 0 Å². The van der Waals surface area contributed by atoms with E-state index in [0.29, 0.717) is 13.2 Å². The minimum absolute atomic E-state index is 0.544. The Labute approximate surface area is 152 Å². The maximum Gasteiger partial charge on any atom is 0.177 e. The molecule has 0 amide bonds. The lowest BCUT2D eigenvalue weighted by atomic mass is 10.1. The molecule has 0 saturated carbocycles. The first-order chi connectivity index (χ1) is 12.9. The Kier molecular flexibility index (Phi) is 4.56. The molecule has 130 valence electrons. The molecule has 2 aromatic heterocycles. The third kappa shape index (κ3) is 3.14. The summed E-state index contributed by atoms with van der Waals surface area (Å²) in [7, 11) is 0. The second-order valence-corrected chi connectivity index (χ2v) is 6.00. The van der Waals surface area contributed by atoms with Crippen molar-refractivity contribution in [3.8, 4) is 17.3 Å². The van der Waals surface area contributed by atoms with Gasteiger partial charge in [-0.25, -0.2) is 4.98 Å². The molecule has 0 aliphatic carbocycles. The molecule has 0 bridgehead atoms. The summed E-state index contributed by atoms with van der Waals surface area (Å²) in [5.41, 5.74) is 3.16. The Hall–Kier alpha value is -3.27. The second kappa shape index (κ2) is 7.31. The summed E-state index contributed by atoms with van der Waals surface area (Å²) in [6.07, 6.45) is 4.35. The normalized spacial score (nSPS) is 10.9. The van der Waals surface area contributed by atoms with Crippen LogP contribution in [0, 0.1) is 0 Å². The molecule has 0 spiro atoms. The van der Waals surface area contributed by atoms with E-state index in [4.69, 9.17) is 14.1 Å². The minimum Gasteiger partial charge on any atom is -0.491 e. The summed E-state index contributed by atoms with van der Waals surface area (Å²) in [4.78, 5) is 4.73. The van der Waals surface area contributed by atoms with Gasteiger partial charge in [0.1, 0.15) is 12.4 Å². The predicted octanol–water partition coefficient (Wildman–Crippen LogP) is 5.10. The monoisotopic (exact) mass is 344 g/mol. The van der Waals surface area contributed by atoms with E-state index in [1.54, 1.807) is 6.26 Å². The lowest BCUT2D eigenvalue weighted by Gasteiger charge is -2.12. The van der Waals surface area contributed by atoms with Crippen LogP contribution in [0.5, 0.6) is 5.75 Å². The number of ether oxygens (including phenoxy) is 1. The van der Waals surface area contributed by atoms with Crippen LogP contribution in [0.15, 0.2) is 84.0 Å². The lowest BCUT2D eigenvalue weighted by Crippen LogP contribution is -2.10. The molecule has 0 radical (unpaired) electrons. The highest BCUT2D eigenvalue weighted by Crippen LogP contribution is 2.25. The van der Waals surface area contributed by atoms with Gasteiger partial charge in [-0.05, 0) is 42.3 Å². The van der Waals surface area contributed by atoms with Crippen LogP contribution >= 0.6 is 0 Å². The number of allylic oxidation sites excluding steroid dienone is 1. The molecule has 0 aliphatic heterocycles. The minimum atomic E-state index is 0.544. The smallest absolute Gasteiger partial charge is 0.177 e. The Bertz CT molecular complexity index is 1020. The summed E-state index contributed by atoms with van der Waals surface area (Å²) in [6, 6.07) is 20.0. The number of imidazole rings is 1. The maximum absolute atomic E-state index is 6.06. The number of hydrogen-bond acceptors (Lipinski definition) is 3. The van der Waals surface area contributed by atoms with E-state index in [1.165, 1.54) is 0 Å². The van der Waals surface area contributed by atoms with Crippen molar-refractivity contribution >= 4 is 11.0 Å². The number of nitrogens with zero attached hydrogens (tertiary/aromatic N) is 2. The number of rotatable bonds is 7. The molecule has 0 unspecified atom stereocenters. The number of aromatic nitrogens is 2. The van der Waals surface area contributed by atoms with Crippen molar-refractivity contribution in [2.24, 2.45) is 0 Å². The van der Waals surface area contributed by atoms with Gasteiger partial charge in [0.15, 0.2) is 11.6 Å². The molecular formula is C22H20N2O2. The fourth-order valence-electron chi connectivity index (χ4n) is 3.11. The first-order valence-electron chi connectivity index (χ1n) is 8.67. The van der Waals surface area contributed by atoms with Crippen molar-refractivity contribution < 1.29 is 9.15 Å². The largest absolute Gasteiger partial charge is 0.491 e. The van der Waals surface area contributed by atoms with E-state index in [1.807, 2.05) is 54.6 Å². The molecule has 4 aromatic rings. The van der Waals surface area contributed by atoms with Crippen LogP contribution in [0.4, 0.5) is 0 Å². The first-order valence-corrected chi connectivity index (χ1v) is 8.67. The fourth-order valence-corrected chi connectivity index (χ4v) is 3.11. The van der Waals surface area contributed by atoms with Gasteiger partial charge in [0.2, 0.25) is 0 Å². The van der Waals surface area contributed by atoms with Crippen LogP contribution in [-0.4, -0.2) is 16.2 Å². The number of fused-ring (bicyclic) bond motifs is 1. The average Bonchev–Trinajstić information content (AvgIpc) is 3.31. The van der Waals surface area contributed by atoms with Gasteiger partial charge in [0.25, 0.3) is 0 Å².